The molecule has 0 bridgehead atoms. The molecule has 0 aliphatic carbocycles. The molecule has 5 nitrogen and oxygen atoms in total. The van der Waals surface area contributed by atoms with E-state index in [1.807, 2.05) is 36.5 Å². The van der Waals surface area contributed by atoms with Crippen molar-refractivity contribution >= 4 is 6.09 Å². The number of cyclic esters (lactones) is 1. The molecule has 1 aliphatic heterocycles. The highest BCUT2D eigenvalue weighted by molar-refractivity contribution is 5.69. The molecule has 1 N–H and O–H groups in total. The molecular weight excluding hydrogens is 218 g/mol. The first kappa shape index (κ1) is 9.89. The number of aromatic nitrogens is 2. The van der Waals surface area contributed by atoms with E-state index in [4.69, 9.17) is 4.74 Å². The van der Waals surface area contributed by atoms with Gasteiger partial charge >= 0.3 is 6.09 Å². The Morgan fingerprint density at radius 3 is 2.88 bits per heavy atom. The lowest BCUT2D eigenvalue weighted by atomic mass is 10.2. The number of rotatable bonds is 2. The molecule has 1 aromatic carbocycles. The van der Waals surface area contributed by atoms with E-state index in [0.29, 0.717) is 6.54 Å². The van der Waals surface area contributed by atoms with E-state index in [0.717, 1.165) is 11.3 Å². The molecule has 3 rings (SSSR count). The molecule has 1 atom stereocenters. The smallest absolute Gasteiger partial charge is 0.407 e. The summed E-state index contributed by atoms with van der Waals surface area (Å²) in [7, 11) is 0. The summed E-state index contributed by atoms with van der Waals surface area (Å²) in [5.74, 6) is 0. The van der Waals surface area contributed by atoms with Gasteiger partial charge in [-0.25, -0.2) is 9.48 Å². The summed E-state index contributed by atoms with van der Waals surface area (Å²) in [6.07, 6.45) is 2.99. The molecule has 1 unspecified atom stereocenters. The Bertz CT molecular complexity index is 536. The summed E-state index contributed by atoms with van der Waals surface area (Å²) in [5.41, 5.74) is 1.88. The molecule has 1 aliphatic rings. The maximum atomic E-state index is 10.9. The van der Waals surface area contributed by atoms with Crippen molar-refractivity contribution in [2.24, 2.45) is 0 Å². The largest absolute Gasteiger partial charge is 0.439 e. The van der Waals surface area contributed by atoms with Gasteiger partial charge in [0.05, 0.1) is 18.4 Å². The summed E-state index contributed by atoms with van der Waals surface area (Å²) < 4.78 is 6.86. The van der Waals surface area contributed by atoms with Gasteiger partial charge < -0.3 is 10.1 Å². The number of nitrogens with one attached hydrogen (secondary N) is 1. The number of nitrogens with zero attached hydrogens (tertiary/aromatic N) is 2. The average molecular weight is 229 g/mol. The number of carbonyl (C=O) groups is 1. The van der Waals surface area contributed by atoms with Crippen molar-refractivity contribution in [2.45, 2.75) is 6.10 Å². The summed E-state index contributed by atoms with van der Waals surface area (Å²) in [5, 5.41) is 6.87. The lowest BCUT2D eigenvalue weighted by Gasteiger charge is -2.03. The third-order valence-corrected chi connectivity index (χ3v) is 2.68. The van der Waals surface area contributed by atoms with E-state index in [1.54, 1.807) is 10.9 Å². The lowest BCUT2D eigenvalue weighted by molar-refractivity contribution is 0.141. The van der Waals surface area contributed by atoms with Crippen LogP contribution in [-0.2, 0) is 4.74 Å². The van der Waals surface area contributed by atoms with E-state index in [2.05, 4.69) is 10.4 Å². The van der Waals surface area contributed by atoms with Crippen molar-refractivity contribution in [2.75, 3.05) is 6.54 Å². The molecule has 1 saturated heterocycles. The Hall–Kier alpha value is -2.30. The Morgan fingerprint density at radius 2 is 2.18 bits per heavy atom. The van der Waals surface area contributed by atoms with E-state index in [9.17, 15) is 4.79 Å². The maximum Gasteiger partial charge on any atom is 0.407 e. The van der Waals surface area contributed by atoms with Gasteiger partial charge in [-0.15, -0.1) is 0 Å². The lowest BCUT2D eigenvalue weighted by Crippen LogP contribution is -2.12. The summed E-state index contributed by atoms with van der Waals surface area (Å²) >= 11 is 0. The SMILES string of the molecule is O=C1NCC(c2cnn(-c3ccccc3)c2)O1. The molecular formula is C12H11N3O2. The van der Waals surface area contributed by atoms with Gasteiger partial charge in [0.25, 0.3) is 0 Å². The van der Waals surface area contributed by atoms with Gasteiger partial charge in [0.2, 0.25) is 0 Å². The van der Waals surface area contributed by atoms with Crippen LogP contribution in [0.2, 0.25) is 0 Å². The first-order valence-corrected chi connectivity index (χ1v) is 5.37. The third kappa shape index (κ3) is 1.87. The minimum absolute atomic E-state index is 0.236. The first-order chi connectivity index (χ1) is 8.33. The van der Waals surface area contributed by atoms with Gasteiger partial charge in [-0.1, -0.05) is 18.2 Å². The van der Waals surface area contributed by atoms with Crippen molar-refractivity contribution in [1.29, 1.82) is 0 Å². The molecule has 1 fully saturated rings. The fraction of sp³-hybridized carbons (Fsp3) is 0.167. The minimum atomic E-state index is -0.373. The molecule has 5 heteroatoms. The standard InChI is InChI=1S/C12H11N3O2/c16-12-13-7-11(17-12)9-6-14-15(8-9)10-4-2-1-3-5-10/h1-6,8,11H,7H2,(H,13,16). The predicted molar refractivity (Wildman–Crippen MR) is 60.8 cm³/mol. The average Bonchev–Trinajstić information content (AvgIpc) is 2.98. The summed E-state index contributed by atoms with van der Waals surface area (Å²) in [6, 6.07) is 9.80. The Labute approximate surface area is 98.0 Å². The monoisotopic (exact) mass is 229 g/mol. The number of benzene rings is 1. The molecule has 0 saturated carbocycles. The third-order valence-electron chi connectivity index (χ3n) is 2.68. The zero-order valence-electron chi connectivity index (χ0n) is 9.04. The summed E-state index contributed by atoms with van der Waals surface area (Å²) in [4.78, 5) is 10.9. The number of alkyl carbamates (subject to hydrolysis) is 1. The minimum Gasteiger partial charge on any atom is -0.439 e. The second kappa shape index (κ2) is 3.93. The topological polar surface area (TPSA) is 56.2 Å². The zero-order chi connectivity index (χ0) is 11.7. The van der Waals surface area contributed by atoms with Crippen LogP contribution in [0, 0.1) is 0 Å². The normalized spacial score (nSPS) is 18.8. The van der Waals surface area contributed by atoms with Crippen LogP contribution in [0.15, 0.2) is 42.7 Å². The molecule has 86 valence electrons. The number of hydrogen-bond acceptors (Lipinski definition) is 3. The van der Waals surface area contributed by atoms with E-state index >= 15 is 0 Å². The van der Waals surface area contributed by atoms with Crippen LogP contribution >= 0.6 is 0 Å². The van der Waals surface area contributed by atoms with Crippen LogP contribution in [0.5, 0.6) is 0 Å². The van der Waals surface area contributed by atoms with E-state index < -0.39 is 0 Å². The predicted octanol–water partition coefficient (Wildman–Crippen LogP) is 1.65. The number of para-hydroxylation sites is 1. The van der Waals surface area contributed by atoms with Crippen LogP contribution in [0.1, 0.15) is 11.7 Å². The van der Waals surface area contributed by atoms with Crippen LogP contribution in [-0.4, -0.2) is 22.4 Å². The molecule has 17 heavy (non-hydrogen) atoms. The van der Waals surface area contributed by atoms with E-state index in [1.165, 1.54) is 0 Å². The van der Waals surface area contributed by atoms with Gasteiger partial charge in [0.1, 0.15) is 6.10 Å². The van der Waals surface area contributed by atoms with E-state index in [-0.39, 0.29) is 12.2 Å². The highest BCUT2D eigenvalue weighted by Crippen LogP contribution is 2.21. The van der Waals surface area contributed by atoms with Crippen molar-refractivity contribution in [3.63, 3.8) is 0 Å². The quantitative estimate of drug-likeness (QED) is 0.851. The van der Waals surface area contributed by atoms with Gasteiger partial charge in [-0.05, 0) is 12.1 Å². The number of carbonyl (C=O) groups excluding carboxylic acids is 1. The molecule has 1 aromatic heterocycles. The van der Waals surface area contributed by atoms with Crippen molar-refractivity contribution in [1.82, 2.24) is 15.1 Å². The van der Waals surface area contributed by atoms with Crippen molar-refractivity contribution in [3.8, 4) is 5.69 Å². The molecule has 0 radical (unpaired) electrons. The zero-order valence-corrected chi connectivity index (χ0v) is 9.04. The second-order valence-corrected chi connectivity index (χ2v) is 3.83. The van der Waals surface area contributed by atoms with Gasteiger partial charge in [-0.3, -0.25) is 0 Å². The molecule has 0 spiro atoms. The Morgan fingerprint density at radius 1 is 1.35 bits per heavy atom. The maximum absolute atomic E-state index is 10.9. The fourth-order valence-electron chi connectivity index (χ4n) is 1.80. The second-order valence-electron chi connectivity index (χ2n) is 3.83. The number of hydrogen-bond donors (Lipinski definition) is 1. The Balaban J connectivity index is 1.86. The van der Waals surface area contributed by atoms with Crippen LogP contribution < -0.4 is 5.32 Å². The molecule has 2 aromatic rings. The number of ether oxygens (including phenoxy) is 1. The highest BCUT2D eigenvalue weighted by atomic mass is 16.6. The van der Waals surface area contributed by atoms with Crippen LogP contribution in [0.4, 0.5) is 4.79 Å². The Kier molecular flexibility index (Phi) is 2.29. The van der Waals surface area contributed by atoms with Crippen molar-refractivity contribution in [3.05, 3.63) is 48.3 Å². The van der Waals surface area contributed by atoms with Gasteiger partial charge in [0, 0.05) is 11.8 Å². The molecule has 2 heterocycles. The summed E-state index contributed by atoms with van der Waals surface area (Å²) in [6.45, 7) is 0.499. The highest BCUT2D eigenvalue weighted by Gasteiger charge is 2.25. The van der Waals surface area contributed by atoms with Crippen LogP contribution in [0.25, 0.3) is 5.69 Å². The molecule has 1 amide bonds. The van der Waals surface area contributed by atoms with Gasteiger partial charge in [0.15, 0.2) is 0 Å². The first-order valence-electron chi connectivity index (χ1n) is 5.37. The fourth-order valence-corrected chi connectivity index (χ4v) is 1.80. The van der Waals surface area contributed by atoms with Gasteiger partial charge in [-0.2, -0.15) is 5.10 Å². The van der Waals surface area contributed by atoms with Crippen LogP contribution in [0.3, 0.4) is 0 Å². The number of amides is 1. The van der Waals surface area contributed by atoms with Crippen molar-refractivity contribution < 1.29 is 9.53 Å².